The van der Waals surface area contributed by atoms with Crippen LogP contribution in [0.15, 0.2) is 48.5 Å². The quantitative estimate of drug-likeness (QED) is 0.884. The summed E-state index contributed by atoms with van der Waals surface area (Å²) in [4.78, 5) is 11.8. The molecule has 0 heterocycles. The molecule has 0 aliphatic rings. The molecular weight excluding hydrogens is 266 g/mol. The molecule has 0 aliphatic heterocycles. The molecule has 2 aromatic rings. The van der Waals surface area contributed by atoms with Crippen molar-refractivity contribution in [2.24, 2.45) is 0 Å². The van der Waals surface area contributed by atoms with Gasteiger partial charge in [0.05, 0.1) is 20.1 Å². The highest BCUT2D eigenvalue weighted by atomic mass is 16.5. The summed E-state index contributed by atoms with van der Waals surface area (Å²) < 4.78 is 10.6. The lowest BCUT2D eigenvalue weighted by Crippen LogP contribution is -2.15. The lowest BCUT2D eigenvalue weighted by molar-refractivity contribution is -0.116. The van der Waals surface area contributed by atoms with Crippen LogP contribution in [0.4, 0.5) is 5.69 Å². The second-order valence-corrected chi connectivity index (χ2v) is 4.69. The predicted molar refractivity (Wildman–Crippen MR) is 82.9 cm³/mol. The molecule has 0 spiro atoms. The molecule has 4 nitrogen and oxygen atoms in total. The van der Waals surface area contributed by atoms with E-state index in [1.165, 1.54) is 0 Å². The molecule has 0 saturated carbocycles. The minimum absolute atomic E-state index is 0.0761. The molecule has 1 amide bonds. The number of amides is 1. The maximum atomic E-state index is 11.8. The van der Waals surface area contributed by atoms with Gasteiger partial charge in [-0.3, -0.25) is 4.79 Å². The number of ether oxygens (including phenoxy) is 2. The van der Waals surface area contributed by atoms with Crippen molar-refractivity contribution < 1.29 is 14.3 Å². The molecule has 4 heteroatoms. The average molecular weight is 285 g/mol. The molecule has 2 aromatic carbocycles. The van der Waals surface area contributed by atoms with Gasteiger partial charge in [-0.05, 0) is 48.9 Å². The Morgan fingerprint density at radius 2 is 1.86 bits per heavy atom. The van der Waals surface area contributed by atoms with Crippen LogP contribution in [0.25, 0.3) is 0 Å². The maximum absolute atomic E-state index is 11.8. The monoisotopic (exact) mass is 285 g/mol. The molecule has 0 saturated heterocycles. The van der Waals surface area contributed by atoms with E-state index in [0.29, 0.717) is 13.0 Å². The standard InChI is InChI=1S/C17H19NO3/c1-13-4-3-5-16(12-13)21-11-10-17(19)18-14-6-8-15(20-2)9-7-14/h3-9,12H,10-11H2,1-2H3,(H,18,19). The summed E-state index contributed by atoms with van der Waals surface area (Å²) in [6, 6.07) is 15.0. The van der Waals surface area contributed by atoms with Crippen LogP contribution >= 0.6 is 0 Å². The highest BCUT2D eigenvalue weighted by Crippen LogP contribution is 2.15. The summed E-state index contributed by atoms with van der Waals surface area (Å²) in [5, 5.41) is 2.82. The van der Waals surface area contributed by atoms with Crippen LogP contribution in [0.3, 0.4) is 0 Å². The molecule has 21 heavy (non-hydrogen) atoms. The summed E-state index contributed by atoms with van der Waals surface area (Å²) in [5.41, 5.74) is 1.88. The molecule has 2 rings (SSSR count). The number of nitrogens with one attached hydrogen (secondary N) is 1. The molecule has 0 atom stereocenters. The molecule has 0 aliphatic carbocycles. The zero-order valence-electron chi connectivity index (χ0n) is 12.3. The van der Waals surface area contributed by atoms with Crippen molar-refractivity contribution in [2.45, 2.75) is 13.3 Å². The van der Waals surface area contributed by atoms with Gasteiger partial charge in [-0.25, -0.2) is 0 Å². The van der Waals surface area contributed by atoms with Crippen LogP contribution in [0, 0.1) is 6.92 Å². The Hall–Kier alpha value is -2.49. The number of aryl methyl sites for hydroxylation is 1. The summed E-state index contributed by atoms with van der Waals surface area (Å²) in [5.74, 6) is 1.47. The number of methoxy groups -OCH3 is 1. The Kier molecular flexibility index (Phi) is 5.21. The van der Waals surface area contributed by atoms with Crippen LogP contribution < -0.4 is 14.8 Å². The smallest absolute Gasteiger partial charge is 0.227 e. The summed E-state index contributed by atoms with van der Waals surface area (Å²) >= 11 is 0. The van der Waals surface area contributed by atoms with Gasteiger partial charge in [0.1, 0.15) is 11.5 Å². The number of rotatable bonds is 6. The van der Waals surface area contributed by atoms with Crippen LogP contribution in [0.2, 0.25) is 0 Å². The number of carbonyl (C=O) groups is 1. The summed E-state index contributed by atoms with van der Waals surface area (Å²) in [6.07, 6.45) is 0.306. The van der Waals surface area contributed by atoms with Crippen molar-refractivity contribution >= 4 is 11.6 Å². The van der Waals surface area contributed by atoms with Crippen molar-refractivity contribution in [3.8, 4) is 11.5 Å². The Morgan fingerprint density at radius 1 is 1.10 bits per heavy atom. The van der Waals surface area contributed by atoms with Gasteiger partial charge in [0.2, 0.25) is 5.91 Å². The first kappa shape index (κ1) is 14.9. The maximum Gasteiger partial charge on any atom is 0.227 e. The second kappa shape index (κ2) is 7.33. The van der Waals surface area contributed by atoms with Gasteiger partial charge in [-0.15, -0.1) is 0 Å². The third kappa shape index (κ3) is 4.84. The fraction of sp³-hybridized carbons (Fsp3) is 0.235. The molecule has 1 N–H and O–H groups in total. The van der Waals surface area contributed by atoms with Gasteiger partial charge in [0.15, 0.2) is 0 Å². The Labute approximate surface area is 124 Å². The summed E-state index contributed by atoms with van der Waals surface area (Å²) in [7, 11) is 1.61. The van der Waals surface area contributed by atoms with E-state index < -0.39 is 0 Å². The van der Waals surface area contributed by atoms with Crippen LogP contribution in [-0.2, 0) is 4.79 Å². The molecule has 0 unspecified atom stereocenters. The van der Waals surface area contributed by atoms with E-state index in [1.54, 1.807) is 31.4 Å². The average Bonchev–Trinajstić information content (AvgIpc) is 2.48. The highest BCUT2D eigenvalue weighted by Gasteiger charge is 2.03. The van der Waals surface area contributed by atoms with Gasteiger partial charge in [0, 0.05) is 5.69 Å². The van der Waals surface area contributed by atoms with Gasteiger partial charge >= 0.3 is 0 Å². The zero-order chi connectivity index (χ0) is 15.1. The number of hydrogen-bond acceptors (Lipinski definition) is 3. The molecule has 0 aromatic heterocycles. The molecule has 110 valence electrons. The van der Waals surface area contributed by atoms with Crippen molar-refractivity contribution in [2.75, 3.05) is 19.0 Å². The van der Waals surface area contributed by atoms with Crippen molar-refractivity contribution in [3.63, 3.8) is 0 Å². The number of benzene rings is 2. The van der Waals surface area contributed by atoms with Crippen LogP contribution in [0.5, 0.6) is 11.5 Å². The fourth-order valence-corrected chi connectivity index (χ4v) is 1.86. The highest BCUT2D eigenvalue weighted by molar-refractivity contribution is 5.90. The van der Waals surface area contributed by atoms with Crippen molar-refractivity contribution in [3.05, 3.63) is 54.1 Å². The molecular formula is C17H19NO3. The zero-order valence-corrected chi connectivity index (χ0v) is 12.3. The molecule has 0 bridgehead atoms. The van der Waals surface area contributed by atoms with E-state index in [0.717, 1.165) is 22.7 Å². The van der Waals surface area contributed by atoms with E-state index in [9.17, 15) is 4.79 Å². The van der Waals surface area contributed by atoms with Crippen LogP contribution in [-0.4, -0.2) is 19.6 Å². The van der Waals surface area contributed by atoms with E-state index in [1.807, 2.05) is 31.2 Å². The fourth-order valence-electron chi connectivity index (χ4n) is 1.86. The SMILES string of the molecule is COc1ccc(NC(=O)CCOc2cccc(C)c2)cc1. The summed E-state index contributed by atoms with van der Waals surface area (Å²) in [6.45, 7) is 2.36. The lowest BCUT2D eigenvalue weighted by Gasteiger charge is -2.08. The largest absolute Gasteiger partial charge is 0.497 e. The lowest BCUT2D eigenvalue weighted by atomic mass is 10.2. The van der Waals surface area contributed by atoms with E-state index in [2.05, 4.69) is 5.32 Å². The third-order valence-electron chi connectivity index (χ3n) is 2.96. The Morgan fingerprint density at radius 3 is 2.52 bits per heavy atom. The molecule has 0 fully saturated rings. The molecule has 0 radical (unpaired) electrons. The second-order valence-electron chi connectivity index (χ2n) is 4.69. The first-order valence-electron chi connectivity index (χ1n) is 6.81. The van der Waals surface area contributed by atoms with E-state index in [4.69, 9.17) is 9.47 Å². The minimum Gasteiger partial charge on any atom is -0.497 e. The predicted octanol–water partition coefficient (Wildman–Crippen LogP) is 3.41. The minimum atomic E-state index is -0.0761. The van der Waals surface area contributed by atoms with Gasteiger partial charge in [0.25, 0.3) is 0 Å². The Bertz CT molecular complexity index is 593. The Balaban J connectivity index is 1.76. The van der Waals surface area contributed by atoms with E-state index in [-0.39, 0.29) is 5.91 Å². The number of anilines is 1. The van der Waals surface area contributed by atoms with Gasteiger partial charge in [-0.2, -0.15) is 0 Å². The van der Waals surface area contributed by atoms with Gasteiger partial charge in [-0.1, -0.05) is 12.1 Å². The third-order valence-corrected chi connectivity index (χ3v) is 2.96. The van der Waals surface area contributed by atoms with Crippen molar-refractivity contribution in [1.29, 1.82) is 0 Å². The number of hydrogen-bond donors (Lipinski definition) is 1. The normalized spacial score (nSPS) is 10.0. The first-order valence-corrected chi connectivity index (χ1v) is 6.81. The van der Waals surface area contributed by atoms with Gasteiger partial charge < -0.3 is 14.8 Å². The van der Waals surface area contributed by atoms with Crippen LogP contribution in [0.1, 0.15) is 12.0 Å². The topological polar surface area (TPSA) is 47.6 Å². The van der Waals surface area contributed by atoms with E-state index >= 15 is 0 Å². The first-order chi connectivity index (χ1) is 10.2. The van der Waals surface area contributed by atoms with Crippen molar-refractivity contribution in [1.82, 2.24) is 0 Å². The number of carbonyl (C=O) groups excluding carboxylic acids is 1.